The Morgan fingerprint density at radius 3 is 2.81 bits per heavy atom. The maximum Gasteiger partial charge on any atom is 0.100 e. The Balaban J connectivity index is 1.81. The minimum absolute atomic E-state index is 0.573. The monoisotopic (exact) mass is 307 g/mol. The van der Waals surface area contributed by atoms with Crippen molar-refractivity contribution in [2.24, 2.45) is 5.92 Å². The minimum atomic E-state index is 0.573. The molecule has 1 fully saturated rings. The number of nitrogens with one attached hydrogen (secondary N) is 1. The molecule has 5 heteroatoms. The van der Waals surface area contributed by atoms with E-state index < -0.39 is 0 Å². The van der Waals surface area contributed by atoms with Gasteiger partial charge in [0.25, 0.3) is 0 Å². The van der Waals surface area contributed by atoms with E-state index in [9.17, 15) is 0 Å². The van der Waals surface area contributed by atoms with E-state index in [0.29, 0.717) is 12.0 Å². The molecule has 0 aromatic carbocycles. The van der Waals surface area contributed by atoms with Crippen LogP contribution < -0.4 is 5.32 Å². The van der Waals surface area contributed by atoms with E-state index in [1.807, 2.05) is 11.4 Å². The largest absolute Gasteiger partial charge is 0.379 e. The van der Waals surface area contributed by atoms with Crippen LogP contribution in [0.25, 0.3) is 0 Å². The summed E-state index contributed by atoms with van der Waals surface area (Å²) in [7, 11) is 0. The van der Waals surface area contributed by atoms with Crippen LogP contribution in [0.2, 0.25) is 0 Å². The molecular weight excluding hydrogens is 282 g/mol. The summed E-state index contributed by atoms with van der Waals surface area (Å²) >= 11 is 1.66. The van der Waals surface area contributed by atoms with Gasteiger partial charge in [0.05, 0.1) is 18.8 Å². The third-order valence-electron chi connectivity index (χ3n) is 3.77. The van der Waals surface area contributed by atoms with Crippen LogP contribution in [0, 0.1) is 17.2 Å². The van der Waals surface area contributed by atoms with Crippen molar-refractivity contribution in [1.29, 1.82) is 5.26 Å². The van der Waals surface area contributed by atoms with Crippen molar-refractivity contribution >= 4 is 11.3 Å². The van der Waals surface area contributed by atoms with E-state index in [1.165, 1.54) is 11.3 Å². The SMILES string of the molecule is CC(C)CC(CNCc1cc(C#N)cs1)N1CCOCC1. The number of rotatable bonds is 7. The lowest BCUT2D eigenvalue weighted by atomic mass is 10.0. The van der Waals surface area contributed by atoms with E-state index in [0.717, 1.165) is 45.0 Å². The fraction of sp³-hybridized carbons (Fsp3) is 0.688. The van der Waals surface area contributed by atoms with Crippen molar-refractivity contribution in [1.82, 2.24) is 10.2 Å². The fourth-order valence-electron chi connectivity index (χ4n) is 2.74. The number of hydrogen-bond acceptors (Lipinski definition) is 5. The Morgan fingerprint density at radius 2 is 2.19 bits per heavy atom. The summed E-state index contributed by atoms with van der Waals surface area (Å²) < 4.78 is 5.45. The highest BCUT2D eigenvalue weighted by molar-refractivity contribution is 7.10. The van der Waals surface area contributed by atoms with Crippen molar-refractivity contribution in [3.05, 3.63) is 21.9 Å². The Hall–Kier alpha value is -0.930. The fourth-order valence-corrected chi connectivity index (χ4v) is 3.52. The first-order valence-corrected chi connectivity index (χ1v) is 8.57. The number of thiophene rings is 1. The molecule has 1 N–H and O–H groups in total. The standard InChI is InChI=1S/C16H25N3OS/c1-13(2)7-15(19-3-5-20-6-4-19)10-18-11-16-8-14(9-17)12-21-16/h8,12-13,15,18H,3-7,10-11H2,1-2H3. The molecule has 0 aliphatic carbocycles. The molecule has 0 spiro atoms. The molecule has 1 aromatic rings. The van der Waals surface area contributed by atoms with Gasteiger partial charge in [-0.2, -0.15) is 5.26 Å². The van der Waals surface area contributed by atoms with Gasteiger partial charge < -0.3 is 10.1 Å². The first kappa shape index (κ1) is 16.4. The minimum Gasteiger partial charge on any atom is -0.379 e. The predicted octanol–water partition coefficient (Wildman–Crippen LogP) is 2.46. The summed E-state index contributed by atoms with van der Waals surface area (Å²) in [5, 5.41) is 14.3. The first-order chi connectivity index (χ1) is 10.2. The van der Waals surface area contributed by atoms with E-state index in [-0.39, 0.29) is 0 Å². The van der Waals surface area contributed by atoms with E-state index in [4.69, 9.17) is 10.00 Å². The highest BCUT2D eigenvalue weighted by Crippen LogP contribution is 2.15. The number of nitrogens with zero attached hydrogens (tertiary/aromatic N) is 2. The quantitative estimate of drug-likeness (QED) is 0.840. The maximum atomic E-state index is 8.85. The Kier molecular flexibility index (Phi) is 6.65. The van der Waals surface area contributed by atoms with Gasteiger partial charge in [0, 0.05) is 42.5 Å². The molecule has 0 radical (unpaired) electrons. The van der Waals surface area contributed by atoms with Gasteiger partial charge in [-0.1, -0.05) is 13.8 Å². The van der Waals surface area contributed by atoms with Gasteiger partial charge in [-0.25, -0.2) is 0 Å². The lowest BCUT2D eigenvalue weighted by Gasteiger charge is -2.35. The molecule has 0 bridgehead atoms. The Morgan fingerprint density at radius 1 is 1.43 bits per heavy atom. The number of hydrogen-bond donors (Lipinski definition) is 1. The average Bonchev–Trinajstić information content (AvgIpc) is 2.95. The van der Waals surface area contributed by atoms with Crippen LogP contribution in [0.1, 0.15) is 30.7 Å². The summed E-state index contributed by atoms with van der Waals surface area (Å²) in [4.78, 5) is 3.78. The molecule has 2 rings (SSSR count). The van der Waals surface area contributed by atoms with Gasteiger partial charge in [-0.05, 0) is 18.4 Å². The second-order valence-corrected chi connectivity index (χ2v) is 6.97. The topological polar surface area (TPSA) is 48.3 Å². The van der Waals surface area contributed by atoms with Crippen LogP contribution in [-0.4, -0.2) is 43.8 Å². The average molecular weight is 307 g/mol. The number of ether oxygens (including phenoxy) is 1. The van der Waals surface area contributed by atoms with E-state index in [2.05, 4.69) is 30.1 Å². The van der Waals surface area contributed by atoms with Crippen molar-refractivity contribution in [2.75, 3.05) is 32.8 Å². The molecule has 1 atom stereocenters. The molecule has 116 valence electrons. The van der Waals surface area contributed by atoms with E-state index in [1.54, 1.807) is 11.3 Å². The highest BCUT2D eigenvalue weighted by atomic mass is 32.1. The maximum absolute atomic E-state index is 8.85. The van der Waals surface area contributed by atoms with Crippen LogP contribution in [0.15, 0.2) is 11.4 Å². The molecule has 0 amide bonds. The molecule has 1 aliphatic rings. The van der Waals surface area contributed by atoms with Crippen molar-refractivity contribution in [2.45, 2.75) is 32.9 Å². The summed E-state index contributed by atoms with van der Waals surface area (Å²) in [6.07, 6.45) is 1.21. The van der Waals surface area contributed by atoms with Crippen LogP contribution >= 0.6 is 11.3 Å². The lowest BCUT2D eigenvalue weighted by Crippen LogP contribution is -2.48. The lowest BCUT2D eigenvalue weighted by molar-refractivity contribution is 0.0123. The van der Waals surface area contributed by atoms with Gasteiger partial charge in [0.1, 0.15) is 6.07 Å². The van der Waals surface area contributed by atoms with Gasteiger partial charge in [0.2, 0.25) is 0 Å². The summed E-state index contributed by atoms with van der Waals surface area (Å²) in [6.45, 7) is 10.2. The zero-order valence-electron chi connectivity index (χ0n) is 13.0. The normalized spacial score (nSPS) is 17.8. The molecule has 21 heavy (non-hydrogen) atoms. The third-order valence-corrected chi connectivity index (χ3v) is 4.70. The van der Waals surface area contributed by atoms with Crippen LogP contribution in [-0.2, 0) is 11.3 Å². The zero-order chi connectivity index (χ0) is 15.1. The Labute approximate surface area is 131 Å². The molecule has 1 aromatic heterocycles. The molecule has 4 nitrogen and oxygen atoms in total. The van der Waals surface area contributed by atoms with E-state index >= 15 is 0 Å². The molecular formula is C16H25N3OS. The van der Waals surface area contributed by atoms with Crippen LogP contribution in [0.3, 0.4) is 0 Å². The first-order valence-electron chi connectivity index (χ1n) is 7.69. The second-order valence-electron chi connectivity index (χ2n) is 5.98. The number of morpholine rings is 1. The molecule has 1 saturated heterocycles. The Bertz CT molecular complexity index is 460. The summed E-state index contributed by atoms with van der Waals surface area (Å²) in [5.41, 5.74) is 0.767. The van der Waals surface area contributed by atoms with Gasteiger partial charge >= 0.3 is 0 Å². The summed E-state index contributed by atoms with van der Waals surface area (Å²) in [5.74, 6) is 0.701. The van der Waals surface area contributed by atoms with Crippen molar-refractivity contribution in [3.8, 4) is 6.07 Å². The van der Waals surface area contributed by atoms with Crippen LogP contribution in [0.5, 0.6) is 0 Å². The third kappa shape index (κ3) is 5.40. The molecule has 0 saturated carbocycles. The smallest absolute Gasteiger partial charge is 0.100 e. The van der Waals surface area contributed by atoms with Crippen molar-refractivity contribution in [3.63, 3.8) is 0 Å². The summed E-state index contributed by atoms with van der Waals surface area (Å²) in [6, 6.07) is 4.73. The van der Waals surface area contributed by atoms with Crippen molar-refractivity contribution < 1.29 is 4.74 Å². The molecule has 2 heterocycles. The predicted molar refractivity (Wildman–Crippen MR) is 86.4 cm³/mol. The van der Waals surface area contributed by atoms with Gasteiger partial charge in [-0.3, -0.25) is 4.90 Å². The highest BCUT2D eigenvalue weighted by Gasteiger charge is 2.21. The van der Waals surface area contributed by atoms with Gasteiger partial charge in [-0.15, -0.1) is 11.3 Å². The second kappa shape index (κ2) is 8.50. The molecule has 1 unspecified atom stereocenters. The number of nitriles is 1. The van der Waals surface area contributed by atoms with Crippen LogP contribution in [0.4, 0.5) is 0 Å². The zero-order valence-corrected chi connectivity index (χ0v) is 13.8. The van der Waals surface area contributed by atoms with Gasteiger partial charge in [0.15, 0.2) is 0 Å². The molecule has 1 aliphatic heterocycles.